The van der Waals surface area contributed by atoms with Crippen molar-refractivity contribution in [2.45, 2.75) is 45.8 Å². The maximum Gasteiger partial charge on any atom is 0.220 e. The second-order valence-electron chi connectivity index (χ2n) is 3.87. The van der Waals surface area contributed by atoms with E-state index in [-0.39, 0.29) is 5.91 Å². The lowest BCUT2D eigenvalue weighted by Gasteiger charge is -2.09. The maximum atomic E-state index is 11.1. The Morgan fingerprint density at radius 1 is 1.36 bits per heavy atom. The molecule has 1 amide bonds. The molecule has 0 radical (unpaired) electrons. The molecule has 0 heterocycles. The van der Waals surface area contributed by atoms with Gasteiger partial charge in [-0.15, -0.1) is 0 Å². The first-order valence-corrected chi connectivity index (χ1v) is 5.20. The van der Waals surface area contributed by atoms with Crippen LogP contribution in [0.5, 0.6) is 0 Å². The first kappa shape index (κ1) is 13.4. The Hall–Kier alpha value is -0.610. The van der Waals surface area contributed by atoms with Crippen molar-refractivity contribution in [1.82, 2.24) is 10.6 Å². The van der Waals surface area contributed by atoms with E-state index in [1.54, 1.807) is 6.92 Å². The summed E-state index contributed by atoms with van der Waals surface area (Å²) in [4.78, 5) is 11.1. The highest BCUT2D eigenvalue weighted by Gasteiger charge is 2.02. The van der Waals surface area contributed by atoms with Gasteiger partial charge in [0.15, 0.2) is 0 Å². The standard InChI is InChI=1S/C10H22N2O2/c1-8(2)11-6-4-5-10(14)12-7-9(3)13/h8-9,11,13H,4-7H2,1-3H3,(H,12,14). The molecule has 0 aromatic carbocycles. The van der Waals surface area contributed by atoms with Gasteiger partial charge in [0, 0.05) is 19.0 Å². The second kappa shape index (κ2) is 7.76. The molecule has 0 saturated carbocycles. The lowest BCUT2D eigenvalue weighted by Crippen LogP contribution is -2.31. The fraction of sp³-hybridized carbons (Fsp3) is 0.900. The molecule has 4 heteroatoms. The highest BCUT2D eigenvalue weighted by Crippen LogP contribution is 1.88. The zero-order valence-corrected chi connectivity index (χ0v) is 9.34. The molecule has 0 bridgehead atoms. The van der Waals surface area contributed by atoms with E-state index in [0.717, 1.165) is 13.0 Å². The van der Waals surface area contributed by atoms with Gasteiger partial charge in [-0.05, 0) is 19.9 Å². The summed E-state index contributed by atoms with van der Waals surface area (Å²) >= 11 is 0. The van der Waals surface area contributed by atoms with Crippen LogP contribution >= 0.6 is 0 Å². The quantitative estimate of drug-likeness (QED) is 0.519. The van der Waals surface area contributed by atoms with Gasteiger partial charge in [-0.3, -0.25) is 4.79 Å². The lowest BCUT2D eigenvalue weighted by atomic mass is 10.2. The Morgan fingerprint density at radius 2 is 2.00 bits per heavy atom. The minimum absolute atomic E-state index is 0.0106. The maximum absolute atomic E-state index is 11.1. The van der Waals surface area contributed by atoms with Gasteiger partial charge in [-0.1, -0.05) is 13.8 Å². The third-order valence-corrected chi connectivity index (χ3v) is 1.73. The fourth-order valence-electron chi connectivity index (χ4n) is 0.990. The number of aliphatic hydroxyl groups excluding tert-OH is 1. The van der Waals surface area contributed by atoms with Crippen LogP contribution in [0.1, 0.15) is 33.6 Å². The van der Waals surface area contributed by atoms with Crippen LogP contribution in [0.15, 0.2) is 0 Å². The number of aliphatic hydroxyl groups is 1. The second-order valence-corrected chi connectivity index (χ2v) is 3.87. The fourth-order valence-corrected chi connectivity index (χ4v) is 0.990. The molecular weight excluding hydrogens is 180 g/mol. The zero-order chi connectivity index (χ0) is 11.0. The van der Waals surface area contributed by atoms with E-state index in [2.05, 4.69) is 24.5 Å². The minimum Gasteiger partial charge on any atom is -0.392 e. The number of amides is 1. The summed E-state index contributed by atoms with van der Waals surface area (Å²) in [5.74, 6) is 0.0106. The molecule has 3 N–H and O–H groups in total. The average molecular weight is 202 g/mol. The monoisotopic (exact) mass is 202 g/mol. The van der Waals surface area contributed by atoms with E-state index >= 15 is 0 Å². The topological polar surface area (TPSA) is 61.4 Å². The zero-order valence-electron chi connectivity index (χ0n) is 9.34. The van der Waals surface area contributed by atoms with Gasteiger partial charge in [0.2, 0.25) is 5.91 Å². The van der Waals surface area contributed by atoms with Crippen molar-refractivity contribution in [1.29, 1.82) is 0 Å². The van der Waals surface area contributed by atoms with Crippen LogP contribution in [0.4, 0.5) is 0 Å². The molecule has 0 spiro atoms. The molecule has 4 nitrogen and oxygen atoms in total. The van der Waals surface area contributed by atoms with Gasteiger partial charge in [0.1, 0.15) is 0 Å². The highest BCUT2D eigenvalue weighted by molar-refractivity contribution is 5.75. The first-order chi connectivity index (χ1) is 6.52. The van der Waals surface area contributed by atoms with E-state index in [4.69, 9.17) is 5.11 Å². The van der Waals surface area contributed by atoms with Gasteiger partial charge >= 0.3 is 0 Å². The van der Waals surface area contributed by atoms with Crippen molar-refractivity contribution < 1.29 is 9.90 Å². The molecule has 0 fully saturated rings. The van der Waals surface area contributed by atoms with E-state index in [9.17, 15) is 4.79 Å². The van der Waals surface area contributed by atoms with Crippen LogP contribution in [0.25, 0.3) is 0 Å². The van der Waals surface area contributed by atoms with Crippen molar-refractivity contribution in [2.75, 3.05) is 13.1 Å². The predicted octanol–water partition coefficient (Wildman–Crippen LogP) is 0.262. The van der Waals surface area contributed by atoms with E-state index in [1.807, 2.05) is 0 Å². The van der Waals surface area contributed by atoms with Gasteiger partial charge in [0.05, 0.1) is 6.10 Å². The number of hydrogen-bond acceptors (Lipinski definition) is 3. The summed E-state index contributed by atoms with van der Waals surface area (Å²) in [6.45, 7) is 7.01. The normalized spacial score (nSPS) is 12.9. The average Bonchev–Trinajstić information content (AvgIpc) is 2.08. The van der Waals surface area contributed by atoms with Crippen molar-refractivity contribution in [3.05, 3.63) is 0 Å². The molecular formula is C10H22N2O2. The number of carbonyl (C=O) groups excluding carboxylic acids is 1. The lowest BCUT2D eigenvalue weighted by molar-refractivity contribution is -0.121. The number of nitrogens with one attached hydrogen (secondary N) is 2. The number of rotatable bonds is 7. The van der Waals surface area contributed by atoms with Gasteiger partial charge < -0.3 is 15.7 Å². The molecule has 1 atom stereocenters. The van der Waals surface area contributed by atoms with Crippen LogP contribution in [-0.2, 0) is 4.79 Å². The molecule has 0 aromatic heterocycles. The molecule has 1 unspecified atom stereocenters. The van der Waals surface area contributed by atoms with E-state index in [1.165, 1.54) is 0 Å². The first-order valence-electron chi connectivity index (χ1n) is 5.20. The van der Waals surface area contributed by atoms with Crippen LogP contribution in [-0.4, -0.2) is 36.2 Å². The van der Waals surface area contributed by atoms with Gasteiger partial charge in [-0.2, -0.15) is 0 Å². The van der Waals surface area contributed by atoms with Crippen LogP contribution < -0.4 is 10.6 Å². The molecule has 0 aromatic rings. The summed E-state index contributed by atoms with van der Waals surface area (Å²) in [6, 6.07) is 0.468. The molecule has 0 aliphatic heterocycles. The van der Waals surface area contributed by atoms with Crippen LogP contribution in [0, 0.1) is 0 Å². The van der Waals surface area contributed by atoms with Gasteiger partial charge in [-0.25, -0.2) is 0 Å². The predicted molar refractivity (Wildman–Crippen MR) is 57.1 cm³/mol. The third-order valence-electron chi connectivity index (χ3n) is 1.73. The number of hydrogen-bond donors (Lipinski definition) is 3. The van der Waals surface area contributed by atoms with Crippen LogP contribution in [0.2, 0.25) is 0 Å². The summed E-state index contributed by atoms with van der Waals surface area (Å²) in [5.41, 5.74) is 0. The van der Waals surface area contributed by atoms with Crippen molar-refractivity contribution in [3.63, 3.8) is 0 Å². The SMILES string of the molecule is CC(O)CNC(=O)CCCNC(C)C. The van der Waals surface area contributed by atoms with Crippen LogP contribution in [0.3, 0.4) is 0 Å². The van der Waals surface area contributed by atoms with Crippen molar-refractivity contribution in [3.8, 4) is 0 Å². The number of carbonyl (C=O) groups is 1. The highest BCUT2D eigenvalue weighted by atomic mass is 16.3. The van der Waals surface area contributed by atoms with E-state index < -0.39 is 6.10 Å². The molecule has 0 rings (SSSR count). The molecule has 14 heavy (non-hydrogen) atoms. The Morgan fingerprint density at radius 3 is 2.50 bits per heavy atom. The third kappa shape index (κ3) is 9.48. The molecule has 0 aliphatic rings. The molecule has 84 valence electrons. The molecule has 0 aliphatic carbocycles. The largest absolute Gasteiger partial charge is 0.392 e. The minimum atomic E-state index is -0.465. The van der Waals surface area contributed by atoms with Gasteiger partial charge in [0.25, 0.3) is 0 Å². The summed E-state index contributed by atoms with van der Waals surface area (Å²) in [7, 11) is 0. The summed E-state index contributed by atoms with van der Waals surface area (Å²) in [6.07, 6.45) is 0.892. The Bertz CT molecular complexity index is 158. The van der Waals surface area contributed by atoms with Crippen molar-refractivity contribution in [2.24, 2.45) is 0 Å². The summed E-state index contributed by atoms with van der Waals surface area (Å²) < 4.78 is 0. The van der Waals surface area contributed by atoms with Crippen molar-refractivity contribution >= 4 is 5.91 Å². The summed E-state index contributed by atoms with van der Waals surface area (Å²) in [5, 5.41) is 14.8. The smallest absolute Gasteiger partial charge is 0.220 e. The Kier molecular flexibility index (Phi) is 7.42. The Labute approximate surface area is 86.1 Å². The van der Waals surface area contributed by atoms with E-state index in [0.29, 0.717) is 19.0 Å². The molecule has 0 saturated heterocycles. The Balaban J connectivity index is 3.27.